The molecule has 2 N–H and O–H groups in total. The number of pyridine rings is 1. The lowest BCUT2D eigenvalue weighted by Crippen LogP contribution is -2.35. The van der Waals surface area contributed by atoms with Crippen LogP contribution in [-0.4, -0.2) is 53.8 Å². The molecule has 3 aromatic heterocycles. The van der Waals surface area contributed by atoms with Crippen LogP contribution in [0.25, 0.3) is 5.65 Å². The Kier molecular flexibility index (Phi) is 4.33. The van der Waals surface area contributed by atoms with Crippen LogP contribution in [0, 0.1) is 5.92 Å². The Morgan fingerprint density at radius 1 is 1.23 bits per heavy atom. The number of rotatable bonds is 4. The molecule has 0 aliphatic carbocycles. The molecular weight excluding hydrogens is 334 g/mol. The molecule has 1 aliphatic heterocycles. The van der Waals surface area contributed by atoms with Gasteiger partial charge in [-0.25, -0.2) is 0 Å². The Morgan fingerprint density at radius 3 is 2.96 bits per heavy atom. The second kappa shape index (κ2) is 6.79. The molecule has 10 heteroatoms. The van der Waals surface area contributed by atoms with Crippen LogP contribution in [0.5, 0.6) is 0 Å². The number of carbonyl (C=O) groups is 1. The molecule has 1 unspecified atom stereocenters. The molecule has 136 valence electrons. The van der Waals surface area contributed by atoms with Crippen molar-refractivity contribution in [1.82, 2.24) is 45.4 Å². The Hall–Kier alpha value is -2.88. The first kappa shape index (κ1) is 16.6. The fourth-order valence-electron chi connectivity index (χ4n) is 3.21. The molecule has 4 heterocycles. The highest BCUT2D eigenvalue weighted by Crippen LogP contribution is 2.22. The molecule has 1 aliphatic rings. The monoisotopic (exact) mass is 355 g/mol. The van der Waals surface area contributed by atoms with Gasteiger partial charge in [-0.2, -0.15) is 4.52 Å². The number of nitrogens with one attached hydrogen (secondary N) is 2. The highest BCUT2D eigenvalue weighted by Gasteiger charge is 2.27. The Labute approximate surface area is 150 Å². The number of tetrazole rings is 1. The van der Waals surface area contributed by atoms with Crippen molar-refractivity contribution in [1.29, 1.82) is 0 Å². The third-order valence-electron chi connectivity index (χ3n) is 4.58. The number of fused-ring (bicyclic) bond motifs is 2. The average molecular weight is 355 g/mol. The zero-order chi connectivity index (χ0) is 18.1. The van der Waals surface area contributed by atoms with Gasteiger partial charge >= 0.3 is 0 Å². The summed E-state index contributed by atoms with van der Waals surface area (Å²) >= 11 is 0. The maximum absolute atomic E-state index is 12.9. The first-order valence-corrected chi connectivity index (χ1v) is 8.76. The van der Waals surface area contributed by atoms with Crippen molar-refractivity contribution in [2.45, 2.75) is 32.9 Å². The van der Waals surface area contributed by atoms with Crippen LogP contribution < -0.4 is 10.6 Å². The van der Waals surface area contributed by atoms with Crippen LogP contribution in [0.4, 0.5) is 0 Å². The van der Waals surface area contributed by atoms with Gasteiger partial charge in [-0.1, -0.05) is 19.9 Å². The van der Waals surface area contributed by atoms with Crippen LogP contribution in [0.15, 0.2) is 18.2 Å². The number of amides is 1. The second-order valence-electron chi connectivity index (χ2n) is 6.68. The molecular formula is C16H21N9O. The van der Waals surface area contributed by atoms with Crippen LogP contribution in [0.3, 0.4) is 0 Å². The largest absolute Gasteiger partial charge is 0.340 e. The van der Waals surface area contributed by atoms with E-state index in [0.717, 1.165) is 37.7 Å². The summed E-state index contributed by atoms with van der Waals surface area (Å²) in [6.07, 6.45) is 0.829. The molecule has 0 saturated heterocycles. The lowest BCUT2D eigenvalue weighted by Gasteiger charge is -2.22. The summed E-state index contributed by atoms with van der Waals surface area (Å²) in [7, 11) is 0. The number of nitrogens with zero attached hydrogens (tertiary/aromatic N) is 7. The standard InChI is InChI=1S/C16H21N9O/c1-10(2)14(15-21-19-12-6-7-17-8-9-24(12)15)18-16(26)11-4-3-5-13-20-22-23-25(11)13/h3-5,10,14,17H,6-9H2,1-2H3,(H,18,26). The van der Waals surface area contributed by atoms with Gasteiger partial charge in [0.1, 0.15) is 11.5 Å². The minimum atomic E-state index is -0.256. The lowest BCUT2D eigenvalue weighted by atomic mass is 10.0. The smallest absolute Gasteiger partial charge is 0.270 e. The summed E-state index contributed by atoms with van der Waals surface area (Å²) in [6.45, 7) is 6.65. The van der Waals surface area contributed by atoms with E-state index in [1.807, 2.05) is 0 Å². The molecule has 1 atom stereocenters. The normalized spacial score (nSPS) is 15.7. The minimum Gasteiger partial charge on any atom is -0.340 e. The molecule has 1 amide bonds. The van der Waals surface area contributed by atoms with Crippen molar-refractivity contribution in [3.05, 3.63) is 35.5 Å². The van der Waals surface area contributed by atoms with Crippen molar-refractivity contribution in [2.24, 2.45) is 5.92 Å². The van der Waals surface area contributed by atoms with Gasteiger partial charge in [0.2, 0.25) is 0 Å². The summed E-state index contributed by atoms with van der Waals surface area (Å²) < 4.78 is 3.55. The molecule has 0 radical (unpaired) electrons. The van der Waals surface area contributed by atoms with E-state index in [9.17, 15) is 4.79 Å². The van der Waals surface area contributed by atoms with Gasteiger partial charge in [-0.05, 0) is 28.5 Å². The van der Waals surface area contributed by atoms with E-state index >= 15 is 0 Å². The van der Waals surface area contributed by atoms with Gasteiger partial charge in [0, 0.05) is 26.1 Å². The van der Waals surface area contributed by atoms with E-state index in [1.165, 1.54) is 4.52 Å². The Morgan fingerprint density at radius 2 is 2.12 bits per heavy atom. The summed E-state index contributed by atoms with van der Waals surface area (Å²) in [4.78, 5) is 12.9. The summed E-state index contributed by atoms with van der Waals surface area (Å²) in [6, 6.07) is 4.96. The van der Waals surface area contributed by atoms with Gasteiger partial charge in [0.05, 0.1) is 6.04 Å². The molecule has 0 fully saturated rings. The van der Waals surface area contributed by atoms with E-state index < -0.39 is 0 Å². The predicted octanol–water partition coefficient (Wildman–Crippen LogP) is -0.0114. The predicted molar refractivity (Wildman–Crippen MR) is 92.4 cm³/mol. The molecule has 0 aromatic carbocycles. The fraction of sp³-hybridized carbons (Fsp3) is 0.500. The third kappa shape index (κ3) is 2.92. The number of hydrogen-bond acceptors (Lipinski definition) is 7. The van der Waals surface area contributed by atoms with Gasteiger partial charge in [-0.3, -0.25) is 4.79 Å². The Balaban J connectivity index is 1.65. The van der Waals surface area contributed by atoms with Crippen molar-refractivity contribution in [2.75, 3.05) is 13.1 Å². The topological polar surface area (TPSA) is 115 Å². The Bertz CT molecular complexity index is 929. The second-order valence-corrected chi connectivity index (χ2v) is 6.68. The fourth-order valence-corrected chi connectivity index (χ4v) is 3.21. The average Bonchev–Trinajstić information content (AvgIpc) is 3.20. The molecule has 10 nitrogen and oxygen atoms in total. The quantitative estimate of drug-likeness (QED) is 0.676. The van der Waals surface area contributed by atoms with E-state index in [2.05, 4.69) is 54.8 Å². The van der Waals surface area contributed by atoms with Gasteiger partial charge in [0.25, 0.3) is 5.91 Å². The highest BCUT2D eigenvalue weighted by atomic mass is 16.2. The van der Waals surface area contributed by atoms with Gasteiger partial charge in [-0.15, -0.1) is 15.3 Å². The van der Waals surface area contributed by atoms with E-state index in [4.69, 9.17) is 0 Å². The minimum absolute atomic E-state index is 0.150. The third-order valence-corrected chi connectivity index (χ3v) is 4.58. The number of carbonyl (C=O) groups excluding carboxylic acids is 1. The molecule has 3 aromatic rings. The van der Waals surface area contributed by atoms with E-state index in [-0.39, 0.29) is 17.9 Å². The van der Waals surface area contributed by atoms with Crippen LogP contribution in [-0.2, 0) is 13.0 Å². The zero-order valence-corrected chi connectivity index (χ0v) is 14.8. The maximum Gasteiger partial charge on any atom is 0.270 e. The van der Waals surface area contributed by atoms with Crippen LogP contribution >= 0.6 is 0 Å². The SMILES string of the molecule is CC(C)C(NC(=O)c1cccc2nnnn12)c1nnc2n1CCNCC2. The molecule has 0 bridgehead atoms. The molecule has 4 rings (SSSR count). The highest BCUT2D eigenvalue weighted by molar-refractivity contribution is 5.93. The first-order chi connectivity index (χ1) is 12.6. The van der Waals surface area contributed by atoms with Crippen LogP contribution in [0.1, 0.15) is 42.0 Å². The summed E-state index contributed by atoms with van der Waals surface area (Å²) in [5.41, 5.74) is 0.914. The van der Waals surface area contributed by atoms with Crippen molar-refractivity contribution < 1.29 is 4.79 Å². The summed E-state index contributed by atoms with van der Waals surface area (Å²) in [5.74, 6) is 1.64. The van der Waals surface area contributed by atoms with Gasteiger partial charge < -0.3 is 15.2 Å². The molecule has 0 spiro atoms. The van der Waals surface area contributed by atoms with Crippen molar-refractivity contribution >= 4 is 11.6 Å². The zero-order valence-electron chi connectivity index (χ0n) is 14.8. The lowest BCUT2D eigenvalue weighted by molar-refractivity contribution is 0.0914. The molecule has 26 heavy (non-hydrogen) atoms. The maximum atomic E-state index is 12.9. The van der Waals surface area contributed by atoms with E-state index in [0.29, 0.717) is 11.3 Å². The van der Waals surface area contributed by atoms with Crippen molar-refractivity contribution in [3.63, 3.8) is 0 Å². The van der Waals surface area contributed by atoms with Gasteiger partial charge in [0.15, 0.2) is 11.5 Å². The number of aromatic nitrogens is 7. The van der Waals surface area contributed by atoms with Crippen molar-refractivity contribution in [3.8, 4) is 0 Å². The number of hydrogen-bond donors (Lipinski definition) is 2. The first-order valence-electron chi connectivity index (χ1n) is 8.76. The van der Waals surface area contributed by atoms with Crippen LogP contribution in [0.2, 0.25) is 0 Å². The molecule has 0 saturated carbocycles. The van der Waals surface area contributed by atoms with E-state index in [1.54, 1.807) is 18.2 Å². The summed E-state index contributed by atoms with van der Waals surface area (Å²) in [5, 5.41) is 26.6.